The number of nitrogens with zero attached hydrogens (tertiary/aromatic N) is 1. The van der Waals surface area contributed by atoms with Crippen molar-refractivity contribution in [1.29, 1.82) is 0 Å². The van der Waals surface area contributed by atoms with E-state index in [-0.39, 0.29) is 17.0 Å². The maximum absolute atomic E-state index is 12.5. The smallest absolute Gasteiger partial charge is 0.251 e. The van der Waals surface area contributed by atoms with Gasteiger partial charge in [-0.25, -0.2) is 8.42 Å². The second-order valence-electron chi connectivity index (χ2n) is 5.14. The Balaban J connectivity index is 2.20. The number of primary amides is 1. The highest BCUT2D eigenvalue weighted by molar-refractivity contribution is 7.89. The van der Waals surface area contributed by atoms with Crippen molar-refractivity contribution in [3.05, 3.63) is 29.8 Å². The Kier molecular flexibility index (Phi) is 5.15. The molecule has 0 atom stereocenters. The maximum atomic E-state index is 12.5. The summed E-state index contributed by atoms with van der Waals surface area (Å²) in [5.41, 5.74) is 5.14. The van der Waals surface area contributed by atoms with Crippen molar-refractivity contribution >= 4 is 21.8 Å². The van der Waals surface area contributed by atoms with Gasteiger partial charge in [0.15, 0.2) is 0 Å². The fraction of sp³-hybridized carbons (Fsp3) is 0.429. The van der Waals surface area contributed by atoms with Crippen LogP contribution < -0.4 is 11.1 Å². The molecule has 1 saturated heterocycles. The zero-order valence-electron chi connectivity index (χ0n) is 12.1. The van der Waals surface area contributed by atoms with Crippen LogP contribution in [0.4, 0.5) is 0 Å². The maximum Gasteiger partial charge on any atom is 0.251 e. The molecule has 1 heterocycles. The van der Waals surface area contributed by atoms with Crippen molar-refractivity contribution < 1.29 is 18.0 Å². The van der Waals surface area contributed by atoms with Crippen LogP contribution in [0.3, 0.4) is 0 Å². The van der Waals surface area contributed by atoms with Crippen molar-refractivity contribution in [2.45, 2.75) is 24.2 Å². The second-order valence-corrected chi connectivity index (χ2v) is 7.08. The molecule has 1 fully saturated rings. The number of piperidine rings is 1. The highest BCUT2D eigenvalue weighted by Gasteiger charge is 2.26. The van der Waals surface area contributed by atoms with E-state index >= 15 is 0 Å². The Morgan fingerprint density at radius 1 is 1.18 bits per heavy atom. The first kappa shape index (κ1) is 16.4. The topological polar surface area (TPSA) is 110 Å². The lowest BCUT2D eigenvalue weighted by Gasteiger charge is -2.26. The first-order valence-corrected chi connectivity index (χ1v) is 8.52. The quantitative estimate of drug-likeness (QED) is 0.798. The molecule has 0 aliphatic carbocycles. The number of carbonyl (C=O) groups excluding carboxylic acids is 2. The summed E-state index contributed by atoms with van der Waals surface area (Å²) in [6.07, 6.45) is 2.72. The van der Waals surface area contributed by atoms with E-state index in [0.29, 0.717) is 13.1 Å². The molecule has 1 aromatic rings. The van der Waals surface area contributed by atoms with Crippen LogP contribution in [0.1, 0.15) is 29.6 Å². The molecule has 0 aromatic heterocycles. The summed E-state index contributed by atoms with van der Waals surface area (Å²) in [7, 11) is -3.59. The van der Waals surface area contributed by atoms with Gasteiger partial charge in [-0.3, -0.25) is 9.59 Å². The molecule has 0 radical (unpaired) electrons. The third-order valence-electron chi connectivity index (χ3n) is 3.47. The van der Waals surface area contributed by atoms with Gasteiger partial charge < -0.3 is 11.1 Å². The lowest BCUT2D eigenvalue weighted by molar-refractivity contribution is -0.117. The molecule has 0 bridgehead atoms. The molecule has 0 spiro atoms. The van der Waals surface area contributed by atoms with Crippen LogP contribution in [-0.2, 0) is 14.8 Å². The number of benzene rings is 1. The standard InChI is InChI=1S/C14H19N3O4S/c15-13(18)10-16-14(19)11-5-4-6-12(9-11)22(20,21)17-7-2-1-3-8-17/h4-6,9H,1-3,7-8,10H2,(H2,15,18)(H,16,19). The molecule has 0 saturated carbocycles. The molecular weight excluding hydrogens is 306 g/mol. The average Bonchev–Trinajstić information content (AvgIpc) is 2.53. The van der Waals surface area contributed by atoms with Gasteiger partial charge in [-0.05, 0) is 31.0 Å². The fourth-order valence-electron chi connectivity index (χ4n) is 2.32. The van der Waals surface area contributed by atoms with Crippen LogP contribution in [0.15, 0.2) is 29.2 Å². The predicted octanol–water partition coefficient (Wildman–Crippen LogP) is 0.0763. The van der Waals surface area contributed by atoms with E-state index in [1.54, 1.807) is 0 Å². The zero-order chi connectivity index (χ0) is 16.2. The summed E-state index contributed by atoms with van der Waals surface area (Å²) in [5, 5.41) is 2.33. The van der Waals surface area contributed by atoms with E-state index in [1.165, 1.54) is 28.6 Å². The van der Waals surface area contributed by atoms with Gasteiger partial charge in [0.25, 0.3) is 5.91 Å². The predicted molar refractivity (Wildman–Crippen MR) is 80.6 cm³/mol. The van der Waals surface area contributed by atoms with Crippen LogP contribution >= 0.6 is 0 Å². The molecule has 2 amide bonds. The van der Waals surface area contributed by atoms with Gasteiger partial charge in [-0.1, -0.05) is 12.5 Å². The molecule has 2 rings (SSSR count). The van der Waals surface area contributed by atoms with Crippen molar-refractivity contribution in [1.82, 2.24) is 9.62 Å². The number of rotatable bonds is 5. The van der Waals surface area contributed by atoms with Crippen molar-refractivity contribution in [3.63, 3.8) is 0 Å². The fourth-order valence-corrected chi connectivity index (χ4v) is 3.89. The third-order valence-corrected chi connectivity index (χ3v) is 5.37. The molecule has 3 N–H and O–H groups in total. The minimum atomic E-state index is -3.59. The Labute approximate surface area is 129 Å². The molecule has 8 heteroatoms. The Morgan fingerprint density at radius 2 is 1.86 bits per heavy atom. The molecule has 22 heavy (non-hydrogen) atoms. The highest BCUT2D eigenvalue weighted by Crippen LogP contribution is 2.21. The number of nitrogens with two attached hydrogens (primary N) is 1. The van der Waals surface area contributed by atoms with E-state index in [9.17, 15) is 18.0 Å². The van der Waals surface area contributed by atoms with Gasteiger partial charge in [0.2, 0.25) is 15.9 Å². The number of amides is 2. The van der Waals surface area contributed by atoms with Gasteiger partial charge in [-0.2, -0.15) is 4.31 Å². The molecule has 1 aliphatic heterocycles. The second kappa shape index (κ2) is 6.89. The van der Waals surface area contributed by atoms with E-state index in [2.05, 4.69) is 5.32 Å². The summed E-state index contributed by atoms with van der Waals surface area (Å²) in [6.45, 7) is 0.711. The number of carbonyl (C=O) groups is 2. The van der Waals surface area contributed by atoms with Gasteiger partial charge in [-0.15, -0.1) is 0 Å². The first-order chi connectivity index (χ1) is 10.4. The van der Waals surface area contributed by atoms with Crippen molar-refractivity contribution in [3.8, 4) is 0 Å². The van der Waals surface area contributed by atoms with Gasteiger partial charge in [0.05, 0.1) is 11.4 Å². The number of hydrogen-bond acceptors (Lipinski definition) is 4. The molecule has 1 aliphatic rings. The van der Waals surface area contributed by atoms with Crippen LogP contribution in [0.5, 0.6) is 0 Å². The van der Waals surface area contributed by atoms with Gasteiger partial charge in [0.1, 0.15) is 0 Å². The minimum Gasteiger partial charge on any atom is -0.368 e. The molecule has 1 aromatic carbocycles. The van der Waals surface area contributed by atoms with E-state index in [1.807, 2.05) is 0 Å². The van der Waals surface area contributed by atoms with Gasteiger partial charge >= 0.3 is 0 Å². The van der Waals surface area contributed by atoms with Crippen LogP contribution in [0.2, 0.25) is 0 Å². The number of sulfonamides is 1. The van der Waals surface area contributed by atoms with Crippen LogP contribution in [0.25, 0.3) is 0 Å². The van der Waals surface area contributed by atoms with E-state index in [4.69, 9.17) is 5.73 Å². The summed E-state index contributed by atoms with van der Waals surface area (Å²) in [6, 6.07) is 5.79. The summed E-state index contributed by atoms with van der Waals surface area (Å²) >= 11 is 0. The molecule has 120 valence electrons. The monoisotopic (exact) mass is 325 g/mol. The van der Waals surface area contributed by atoms with Crippen LogP contribution in [0, 0.1) is 0 Å². The molecule has 0 unspecified atom stereocenters. The third kappa shape index (κ3) is 3.83. The van der Waals surface area contributed by atoms with E-state index < -0.39 is 21.8 Å². The lowest BCUT2D eigenvalue weighted by Crippen LogP contribution is -2.36. The van der Waals surface area contributed by atoms with Crippen LogP contribution in [-0.4, -0.2) is 44.2 Å². The normalized spacial score (nSPS) is 16.2. The Morgan fingerprint density at radius 3 is 2.50 bits per heavy atom. The molecule has 7 nitrogen and oxygen atoms in total. The number of nitrogens with one attached hydrogen (secondary N) is 1. The summed E-state index contributed by atoms with van der Waals surface area (Å²) in [5.74, 6) is -1.19. The summed E-state index contributed by atoms with van der Waals surface area (Å²) in [4.78, 5) is 22.6. The van der Waals surface area contributed by atoms with Gasteiger partial charge in [0, 0.05) is 18.7 Å². The average molecular weight is 325 g/mol. The number of hydrogen-bond donors (Lipinski definition) is 2. The zero-order valence-corrected chi connectivity index (χ0v) is 12.9. The first-order valence-electron chi connectivity index (χ1n) is 7.08. The Hall–Kier alpha value is -1.93. The lowest BCUT2D eigenvalue weighted by atomic mass is 10.2. The Bertz CT molecular complexity index is 666. The largest absolute Gasteiger partial charge is 0.368 e. The summed E-state index contributed by atoms with van der Waals surface area (Å²) < 4.78 is 26.5. The SMILES string of the molecule is NC(=O)CNC(=O)c1cccc(S(=O)(=O)N2CCCCC2)c1. The molecular formula is C14H19N3O4S. The minimum absolute atomic E-state index is 0.0844. The van der Waals surface area contributed by atoms with Crippen molar-refractivity contribution in [2.24, 2.45) is 5.73 Å². The van der Waals surface area contributed by atoms with Crippen molar-refractivity contribution in [2.75, 3.05) is 19.6 Å². The van der Waals surface area contributed by atoms with E-state index in [0.717, 1.165) is 19.3 Å². The highest BCUT2D eigenvalue weighted by atomic mass is 32.2.